The number of carbonyl (C=O) groups is 1. The SMILES string of the molecule is COC(=O)c1coc(S(=O)(=O)N[C@@H](C)CN)c1.Cl. The second-order valence-corrected chi connectivity index (χ2v) is 5.05. The Morgan fingerprint density at radius 3 is 2.72 bits per heavy atom. The summed E-state index contributed by atoms with van der Waals surface area (Å²) in [5.74, 6) is -0.665. The Bertz CT molecular complexity index is 499. The molecule has 1 aromatic heterocycles. The van der Waals surface area contributed by atoms with Crippen molar-refractivity contribution >= 4 is 28.4 Å². The Balaban J connectivity index is 0.00000289. The highest BCUT2D eigenvalue weighted by atomic mass is 35.5. The first-order valence-electron chi connectivity index (χ1n) is 4.80. The summed E-state index contributed by atoms with van der Waals surface area (Å²) >= 11 is 0. The molecule has 9 heteroatoms. The average molecular weight is 299 g/mol. The fraction of sp³-hybridized carbons (Fsp3) is 0.444. The number of carbonyl (C=O) groups excluding carboxylic acids is 1. The van der Waals surface area contributed by atoms with E-state index in [2.05, 4.69) is 9.46 Å². The largest absolute Gasteiger partial charge is 0.465 e. The van der Waals surface area contributed by atoms with E-state index in [0.29, 0.717) is 0 Å². The number of rotatable bonds is 5. The van der Waals surface area contributed by atoms with Crippen LogP contribution in [0.15, 0.2) is 21.8 Å². The Labute approximate surface area is 111 Å². The summed E-state index contributed by atoms with van der Waals surface area (Å²) in [6.45, 7) is 1.77. The van der Waals surface area contributed by atoms with E-state index in [1.807, 2.05) is 0 Å². The zero-order chi connectivity index (χ0) is 13.1. The third kappa shape index (κ3) is 3.98. The number of hydrogen-bond donors (Lipinski definition) is 2. The standard InChI is InChI=1S/C9H14N2O5S.ClH/c1-6(4-10)11-17(13,14)8-3-7(5-16-8)9(12)15-2;/h3,5-6,11H,4,10H2,1-2H3;1H/t6-;/m0./s1. The Kier molecular flexibility index (Phi) is 6.33. The van der Waals surface area contributed by atoms with Gasteiger partial charge in [-0.3, -0.25) is 0 Å². The van der Waals surface area contributed by atoms with Gasteiger partial charge in [0, 0.05) is 18.7 Å². The van der Waals surface area contributed by atoms with Gasteiger partial charge in [0.05, 0.1) is 12.7 Å². The van der Waals surface area contributed by atoms with Crippen molar-refractivity contribution in [1.29, 1.82) is 0 Å². The van der Waals surface area contributed by atoms with Crippen LogP contribution in [0.5, 0.6) is 0 Å². The predicted octanol–water partition coefficient (Wildman–Crippen LogP) is 0.114. The lowest BCUT2D eigenvalue weighted by Crippen LogP contribution is -2.37. The van der Waals surface area contributed by atoms with Crippen LogP contribution in [-0.4, -0.2) is 34.1 Å². The minimum atomic E-state index is -3.80. The normalized spacial score (nSPS) is 12.6. The van der Waals surface area contributed by atoms with Crippen molar-refractivity contribution in [2.45, 2.75) is 18.1 Å². The predicted molar refractivity (Wildman–Crippen MR) is 66.1 cm³/mol. The molecule has 0 aliphatic carbocycles. The lowest BCUT2D eigenvalue weighted by Gasteiger charge is -2.09. The van der Waals surface area contributed by atoms with Crippen LogP contribution in [0.4, 0.5) is 0 Å². The van der Waals surface area contributed by atoms with E-state index in [-0.39, 0.29) is 29.6 Å². The second kappa shape index (κ2) is 6.74. The molecule has 1 atom stereocenters. The summed E-state index contributed by atoms with van der Waals surface area (Å²) in [5.41, 5.74) is 5.34. The second-order valence-electron chi connectivity index (χ2n) is 3.40. The third-order valence-electron chi connectivity index (χ3n) is 1.97. The van der Waals surface area contributed by atoms with Gasteiger partial charge in [-0.25, -0.2) is 17.9 Å². The van der Waals surface area contributed by atoms with Crippen LogP contribution >= 0.6 is 12.4 Å². The number of nitrogens with one attached hydrogen (secondary N) is 1. The molecule has 0 aliphatic rings. The number of methoxy groups -OCH3 is 1. The zero-order valence-corrected chi connectivity index (χ0v) is 11.5. The van der Waals surface area contributed by atoms with Crippen molar-refractivity contribution < 1.29 is 22.4 Å². The number of nitrogens with two attached hydrogens (primary N) is 1. The summed E-state index contributed by atoms with van der Waals surface area (Å²) in [5, 5.41) is -0.349. The molecule has 0 amide bonds. The van der Waals surface area contributed by atoms with Gasteiger partial charge in [-0.05, 0) is 6.92 Å². The van der Waals surface area contributed by atoms with Gasteiger partial charge in [0.15, 0.2) is 0 Å². The molecule has 0 fully saturated rings. The third-order valence-corrected chi connectivity index (χ3v) is 3.43. The molecule has 1 aromatic rings. The molecule has 0 aromatic carbocycles. The van der Waals surface area contributed by atoms with Gasteiger partial charge >= 0.3 is 5.97 Å². The topological polar surface area (TPSA) is 112 Å². The first-order valence-corrected chi connectivity index (χ1v) is 6.28. The van der Waals surface area contributed by atoms with Gasteiger partial charge in [0.25, 0.3) is 10.0 Å². The minimum absolute atomic E-state index is 0. The summed E-state index contributed by atoms with van der Waals surface area (Å²) < 4.78 is 35.0. The summed E-state index contributed by atoms with van der Waals surface area (Å²) in [7, 11) is -2.60. The molecule has 1 heterocycles. The highest BCUT2D eigenvalue weighted by Gasteiger charge is 2.22. The van der Waals surface area contributed by atoms with Gasteiger partial charge in [-0.15, -0.1) is 12.4 Å². The van der Waals surface area contributed by atoms with E-state index in [9.17, 15) is 13.2 Å². The Morgan fingerprint density at radius 2 is 2.22 bits per heavy atom. The molecule has 7 nitrogen and oxygen atoms in total. The van der Waals surface area contributed by atoms with Crippen molar-refractivity contribution in [1.82, 2.24) is 4.72 Å². The molecule has 0 aliphatic heterocycles. The fourth-order valence-electron chi connectivity index (χ4n) is 1.05. The van der Waals surface area contributed by atoms with Gasteiger partial charge < -0.3 is 14.9 Å². The quantitative estimate of drug-likeness (QED) is 0.746. The van der Waals surface area contributed by atoms with E-state index in [0.717, 1.165) is 12.3 Å². The van der Waals surface area contributed by atoms with E-state index in [4.69, 9.17) is 10.2 Å². The zero-order valence-electron chi connectivity index (χ0n) is 9.87. The highest BCUT2D eigenvalue weighted by molar-refractivity contribution is 7.89. The molecule has 0 bridgehead atoms. The van der Waals surface area contributed by atoms with Crippen LogP contribution in [0.3, 0.4) is 0 Å². The van der Waals surface area contributed by atoms with Crippen LogP contribution < -0.4 is 10.5 Å². The van der Waals surface area contributed by atoms with Gasteiger partial charge in [-0.2, -0.15) is 0 Å². The molecule has 0 radical (unpaired) electrons. The number of esters is 1. The minimum Gasteiger partial charge on any atom is -0.465 e. The van der Waals surface area contributed by atoms with Crippen molar-refractivity contribution in [2.24, 2.45) is 5.73 Å². The Morgan fingerprint density at radius 1 is 1.61 bits per heavy atom. The van der Waals surface area contributed by atoms with Gasteiger partial charge in [0.2, 0.25) is 5.09 Å². The molecular weight excluding hydrogens is 284 g/mol. The number of furan rings is 1. The number of ether oxygens (including phenoxy) is 1. The van der Waals surface area contributed by atoms with E-state index >= 15 is 0 Å². The molecule has 18 heavy (non-hydrogen) atoms. The van der Waals surface area contributed by atoms with Crippen LogP contribution in [0.2, 0.25) is 0 Å². The number of halogens is 1. The summed E-state index contributed by atoms with van der Waals surface area (Å²) in [6.07, 6.45) is 1.02. The Hall–Kier alpha value is -1.09. The van der Waals surface area contributed by atoms with E-state index in [1.54, 1.807) is 6.92 Å². The first-order chi connectivity index (χ1) is 7.90. The fourth-order valence-corrected chi connectivity index (χ4v) is 2.25. The highest BCUT2D eigenvalue weighted by Crippen LogP contribution is 2.14. The molecule has 0 unspecified atom stereocenters. The molecule has 0 saturated heterocycles. The maximum atomic E-state index is 11.7. The smallest absolute Gasteiger partial charge is 0.341 e. The van der Waals surface area contributed by atoms with Gasteiger partial charge in [0.1, 0.15) is 6.26 Å². The van der Waals surface area contributed by atoms with Crippen LogP contribution in [0, 0.1) is 0 Å². The molecule has 3 N–H and O–H groups in total. The lowest BCUT2D eigenvalue weighted by atomic mass is 10.3. The van der Waals surface area contributed by atoms with Crippen molar-refractivity contribution in [2.75, 3.05) is 13.7 Å². The average Bonchev–Trinajstić information content (AvgIpc) is 2.77. The summed E-state index contributed by atoms with van der Waals surface area (Å²) in [4.78, 5) is 11.1. The molecule has 1 rings (SSSR count). The molecule has 104 valence electrons. The van der Waals surface area contributed by atoms with Crippen molar-refractivity contribution in [3.63, 3.8) is 0 Å². The molecular formula is C9H15ClN2O5S. The monoisotopic (exact) mass is 298 g/mol. The number of sulfonamides is 1. The van der Waals surface area contributed by atoms with Crippen molar-refractivity contribution in [3.8, 4) is 0 Å². The maximum absolute atomic E-state index is 11.7. The molecule has 0 spiro atoms. The van der Waals surface area contributed by atoms with Crippen LogP contribution in [0.1, 0.15) is 17.3 Å². The van der Waals surface area contributed by atoms with Gasteiger partial charge in [-0.1, -0.05) is 0 Å². The van der Waals surface area contributed by atoms with Crippen LogP contribution in [-0.2, 0) is 14.8 Å². The molecule has 0 saturated carbocycles. The van der Waals surface area contributed by atoms with E-state index in [1.165, 1.54) is 7.11 Å². The van der Waals surface area contributed by atoms with Crippen LogP contribution in [0.25, 0.3) is 0 Å². The first kappa shape index (κ1) is 16.9. The summed E-state index contributed by atoms with van der Waals surface area (Å²) in [6, 6.07) is 0.670. The maximum Gasteiger partial charge on any atom is 0.341 e. The lowest BCUT2D eigenvalue weighted by molar-refractivity contribution is 0.0600. The number of hydrogen-bond acceptors (Lipinski definition) is 6. The van der Waals surface area contributed by atoms with Crippen molar-refractivity contribution in [3.05, 3.63) is 17.9 Å². The van der Waals surface area contributed by atoms with E-state index < -0.39 is 22.0 Å².